The second kappa shape index (κ2) is 7.16. The maximum Gasteiger partial charge on any atom is 0.253 e. The first-order chi connectivity index (χ1) is 12.9. The van der Waals surface area contributed by atoms with E-state index >= 15 is 0 Å². The summed E-state index contributed by atoms with van der Waals surface area (Å²) in [6.45, 7) is 2.35. The summed E-state index contributed by atoms with van der Waals surface area (Å²) in [5.74, 6) is 0.900. The normalized spacial score (nSPS) is 26.0. The molecule has 0 aromatic heterocycles. The minimum absolute atomic E-state index is 0.0946. The van der Waals surface area contributed by atoms with Gasteiger partial charge in [0.05, 0.1) is 4.90 Å². The molecule has 0 bridgehead atoms. The van der Waals surface area contributed by atoms with Gasteiger partial charge in [-0.3, -0.25) is 9.79 Å². The minimum atomic E-state index is -3.62. The zero-order valence-electron chi connectivity index (χ0n) is 14.9. The first-order valence-electron chi connectivity index (χ1n) is 9.28. The van der Waals surface area contributed by atoms with Crippen molar-refractivity contribution in [3.05, 3.63) is 29.3 Å². The van der Waals surface area contributed by atoms with Crippen molar-refractivity contribution in [3.63, 3.8) is 0 Å². The summed E-state index contributed by atoms with van der Waals surface area (Å²) in [5, 5.41) is 6.68. The fourth-order valence-electron chi connectivity index (χ4n) is 4.03. The van der Waals surface area contributed by atoms with E-state index in [1.165, 1.54) is 10.4 Å². The summed E-state index contributed by atoms with van der Waals surface area (Å²) in [6.07, 6.45) is 2.86. The number of benzene rings is 1. The van der Waals surface area contributed by atoms with Gasteiger partial charge < -0.3 is 10.6 Å². The third-order valence-electron chi connectivity index (χ3n) is 5.67. The van der Waals surface area contributed by atoms with E-state index < -0.39 is 15.6 Å². The summed E-state index contributed by atoms with van der Waals surface area (Å²) in [4.78, 5) is 17.6. The minimum Gasteiger partial charge on any atom is -0.316 e. The van der Waals surface area contributed by atoms with Crippen LogP contribution >= 0.6 is 11.6 Å². The molecule has 2 fully saturated rings. The lowest BCUT2D eigenvalue weighted by atomic mass is 9.89. The fraction of sp³-hybridized carbons (Fsp3) is 0.556. The number of aliphatic imine (C=N–C) groups is 1. The number of nitrogens with zero attached hydrogens (tertiary/aromatic N) is 2. The molecular formula is C18H23ClN4O3S. The zero-order valence-corrected chi connectivity index (χ0v) is 16.5. The molecule has 146 valence electrons. The van der Waals surface area contributed by atoms with E-state index in [-0.39, 0.29) is 29.8 Å². The van der Waals surface area contributed by atoms with Crippen LogP contribution in [0.3, 0.4) is 0 Å². The number of rotatable bonds is 3. The van der Waals surface area contributed by atoms with Gasteiger partial charge in [-0.25, -0.2) is 8.42 Å². The predicted molar refractivity (Wildman–Crippen MR) is 103 cm³/mol. The molecule has 1 aromatic carbocycles. The van der Waals surface area contributed by atoms with Gasteiger partial charge in [-0.1, -0.05) is 17.7 Å². The molecule has 0 saturated carbocycles. The lowest BCUT2D eigenvalue weighted by molar-refractivity contribution is -0.125. The van der Waals surface area contributed by atoms with Crippen LogP contribution in [0.2, 0.25) is 5.02 Å². The standard InChI is InChI=1S/C18H23ClN4O3S/c19-14-4-1-5-15(11-14)27(25,26)23-9-6-18(7-10-23)17(24)21-16(22-18)13-3-2-8-20-12-13/h1,4-5,11,13,20H,2-3,6-10,12H2,(H,21,22,24). The lowest BCUT2D eigenvalue weighted by Crippen LogP contribution is -2.50. The number of hydrogen-bond acceptors (Lipinski definition) is 5. The smallest absolute Gasteiger partial charge is 0.253 e. The molecule has 2 saturated heterocycles. The Hall–Kier alpha value is -1.48. The predicted octanol–water partition coefficient (Wildman–Crippen LogP) is 1.39. The molecule has 9 heteroatoms. The van der Waals surface area contributed by atoms with Crippen LogP contribution in [-0.4, -0.2) is 56.2 Å². The van der Waals surface area contributed by atoms with Crippen LogP contribution < -0.4 is 10.6 Å². The molecule has 2 N–H and O–H groups in total. The second-order valence-corrected chi connectivity index (χ2v) is 9.76. The first kappa shape index (κ1) is 18.9. The van der Waals surface area contributed by atoms with E-state index in [0.29, 0.717) is 17.9 Å². The van der Waals surface area contributed by atoms with Crippen molar-refractivity contribution in [3.8, 4) is 0 Å². The highest BCUT2D eigenvalue weighted by Gasteiger charge is 2.48. The Morgan fingerprint density at radius 2 is 2.04 bits per heavy atom. The highest BCUT2D eigenvalue weighted by molar-refractivity contribution is 7.89. The van der Waals surface area contributed by atoms with Crippen molar-refractivity contribution < 1.29 is 13.2 Å². The Morgan fingerprint density at radius 1 is 1.26 bits per heavy atom. The van der Waals surface area contributed by atoms with Crippen LogP contribution in [0.4, 0.5) is 0 Å². The van der Waals surface area contributed by atoms with Crippen LogP contribution in [0.25, 0.3) is 0 Å². The quantitative estimate of drug-likeness (QED) is 0.787. The molecule has 0 aliphatic carbocycles. The molecule has 4 rings (SSSR count). The molecule has 0 radical (unpaired) electrons. The summed E-state index contributed by atoms with van der Waals surface area (Å²) >= 11 is 5.94. The number of amidine groups is 1. The van der Waals surface area contributed by atoms with Gasteiger partial charge >= 0.3 is 0 Å². The van der Waals surface area contributed by atoms with Gasteiger partial charge in [-0.15, -0.1) is 0 Å². The van der Waals surface area contributed by atoms with Gasteiger partial charge in [0.1, 0.15) is 11.4 Å². The fourth-order valence-corrected chi connectivity index (χ4v) is 5.78. The zero-order chi connectivity index (χ0) is 19.1. The average Bonchev–Trinajstić information content (AvgIpc) is 2.99. The van der Waals surface area contributed by atoms with Crippen molar-refractivity contribution in [2.24, 2.45) is 10.9 Å². The molecule has 27 heavy (non-hydrogen) atoms. The molecule has 1 aromatic rings. The Bertz CT molecular complexity index is 872. The molecule has 1 spiro atoms. The third kappa shape index (κ3) is 3.51. The largest absolute Gasteiger partial charge is 0.316 e. The van der Waals surface area contributed by atoms with Gasteiger partial charge in [0.2, 0.25) is 10.0 Å². The summed E-state index contributed by atoms with van der Waals surface area (Å²) < 4.78 is 27.1. The van der Waals surface area contributed by atoms with Crippen molar-refractivity contribution >= 4 is 33.4 Å². The topological polar surface area (TPSA) is 90.9 Å². The first-order valence-corrected chi connectivity index (χ1v) is 11.1. The number of piperidine rings is 2. The van der Waals surface area contributed by atoms with E-state index in [4.69, 9.17) is 16.6 Å². The highest BCUT2D eigenvalue weighted by Crippen LogP contribution is 2.34. The third-order valence-corrected chi connectivity index (χ3v) is 7.80. The van der Waals surface area contributed by atoms with Crippen molar-refractivity contribution in [2.75, 3.05) is 26.2 Å². The molecule has 1 unspecified atom stereocenters. The Labute approximate surface area is 164 Å². The Balaban J connectivity index is 1.49. The van der Waals surface area contributed by atoms with Crippen LogP contribution in [0, 0.1) is 5.92 Å². The average molecular weight is 411 g/mol. The van der Waals surface area contributed by atoms with E-state index in [1.807, 2.05) is 0 Å². The second-order valence-electron chi connectivity index (χ2n) is 7.39. The highest BCUT2D eigenvalue weighted by atomic mass is 35.5. The number of sulfonamides is 1. The number of hydrogen-bond donors (Lipinski definition) is 2. The van der Waals surface area contributed by atoms with E-state index in [9.17, 15) is 13.2 Å². The number of nitrogens with one attached hydrogen (secondary N) is 2. The van der Waals surface area contributed by atoms with Crippen LogP contribution in [0.1, 0.15) is 25.7 Å². The van der Waals surface area contributed by atoms with E-state index in [2.05, 4.69) is 10.6 Å². The summed E-state index contributed by atoms with van der Waals surface area (Å²) in [6, 6.07) is 6.26. The van der Waals surface area contributed by atoms with Crippen molar-refractivity contribution in [1.82, 2.24) is 14.9 Å². The van der Waals surface area contributed by atoms with E-state index in [0.717, 1.165) is 31.8 Å². The number of carbonyl (C=O) groups is 1. The van der Waals surface area contributed by atoms with E-state index in [1.54, 1.807) is 18.2 Å². The van der Waals surface area contributed by atoms with Gasteiger partial charge in [-0.2, -0.15) is 4.31 Å². The van der Waals surface area contributed by atoms with Gasteiger partial charge in [-0.05, 0) is 50.4 Å². The van der Waals surface area contributed by atoms with Gasteiger partial charge in [0.25, 0.3) is 5.91 Å². The molecule has 1 amide bonds. The number of carbonyl (C=O) groups excluding carboxylic acids is 1. The molecule has 3 aliphatic heterocycles. The van der Waals surface area contributed by atoms with Crippen molar-refractivity contribution in [1.29, 1.82) is 0 Å². The van der Waals surface area contributed by atoms with Crippen LogP contribution in [0.15, 0.2) is 34.2 Å². The molecule has 3 heterocycles. The maximum absolute atomic E-state index is 12.9. The number of amides is 1. The lowest BCUT2D eigenvalue weighted by Gasteiger charge is -2.34. The maximum atomic E-state index is 12.9. The monoisotopic (exact) mass is 410 g/mol. The SMILES string of the molecule is O=C1NC(C2CCCNC2)=NC12CCN(S(=O)(=O)c1cccc(Cl)c1)CC2. The Kier molecular flexibility index (Phi) is 5.00. The summed E-state index contributed by atoms with van der Waals surface area (Å²) in [7, 11) is -3.62. The molecule has 3 aliphatic rings. The Morgan fingerprint density at radius 3 is 2.70 bits per heavy atom. The summed E-state index contributed by atoms with van der Waals surface area (Å²) in [5.41, 5.74) is -0.826. The van der Waals surface area contributed by atoms with Gasteiger partial charge in [0.15, 0.2) is 0 Å². The molecular weight excluding hydrogens is 388 g/mol. The number of halogens is 1. The van der Waals surface area contributed by atoms with Crippen LogP contribution in [0.5, 0.6) is 0 Å². The molecule has 7 nitrogen and oxygen atoms in total. The molecule has 1 atom stereocenters. The van der Waals surface area contributed by atoms with Crippen molar-refractivity contribution in [2.45, 2.75) is 36.1 Å². The van der Waals surface area contributed by atoms with Crippen LogP contribution in [-0.2, 0) is 14.8 Å². The van der Waals surface area contributed by atoms with Gasteiger partial charge in [0, 0.05) is 30.6 Å².